The predicted octanol–water partition coefficient (Wildman–Crippen LogP) is 2.25. The van der Waals surface area contributed by atoms with Crippen LogP contribution in [0.2, 0.25) is 0 Å². The Hall–Kier alpha value is -0.320. The van der Waals surface area contributed by atoms with E-state index in [0.717, 1.165) is 32.7 Å². The second kappa shape index (κ2) is 15.5. The monoisotopic (exact) mass is 433 g/mol. The number of hydrogen-bond acceptors (Lipinski definition) is 8. The summed E-state index contributed by atoms with van der Waals surface area (Å²) in [4.78, 5) is 0. The zero-order chi connectivity index (χ0) is 22.3. The summed E-state index contributed by atoms with van der Waals surface area (Å²) in [6.45, 7) is 21.4. The van der Waals surface area contributed by atoms with Crippen molar-refractivity contribution in [1.29, 1.82) is 0 Å². The van der Waals surface area contributed by atoms with Crippen LogP contribution in [-0.4, -0.2) is 90.2 Å². The Kier molecular flexibility index (Phi) is 14.3. The molecule has 0 saturated carbocycles. The van der Waals surface area contributed by atoms with Crippen molar-refractivity contribution >= 4 is 0 Å². The van der Waals surface area contributed by atoms with Crippen molar-refractivity contribution in [1.82, 2.24) is 16.0 Å². The van der Waals surface area contributed by atoms with Crippen LogP contribution >= 0.6 is 0 Å². The SMILES string of the molecule is CC(C)(C)CCOCCOCC1CN(CCOCCOCCOCC(C)(C)C)NN1. The molecular formula is C22H47N3O5. The smallest absolute Gasteiger partial charge is 0.0701 e. The van der Waals surface area contributed by atoms with Crippen LogP contribution in [0.3, 0.4) is 0 Å². The van der Waals surface area contributed by atoms with Gasteiger partial charge < -0.3 is 23.7 Å². The van der Waals surface area contributed by atoms with E-state index in [0.29, 0.717) is 58.3 Å². The standard InChI is InChI=1S/C22H47N3O5/c1-21(2,3)7-9-26-13-15-29-18-20-17-25(24-23-20)8-10-27-11-12-28-14-16-30-19-22(4,5)6/h20,23-24H,7-19H2,1-6H3. The zero-order valence-corrected chi connectivity index (χ0v) is 20.3. The Bertz CT molecular complexity index is 413. The average molecular weight is 434 g/mol. The molecule has 30 heavy (non-hydrogen) atoms. The third kappa shape index (κ3) is 17.4. The Morgan fingerprint density at radius 3 is 1.90 bits per heavy atom. The molecule has 1 aliphatic rings. The molecule has 0 aromatic heterocycles. The van der Waals surface area contributed by atoms with Gasteiger partial charge in [0.25, 0.3) is 0 Å². The minimum Gasteiger partial charge on any atom is -0.379 e. The van der Waals surface area contributed by atoms with Gasteiger partial charge in [0, 0.05) is 19.7 Å². The molecule has 1 fully saturated rings. The highest BCUT2D eigenvalue weighted by Crippen LogP contribution is 2.17. The van der Waals surface area contributed by atoms with E-state index in [-0.39, 0.29) is 11.5 Å². The second-order valence-corrected chi connectivity index (χ2v) is 10.2. The lowest BCUT2D eigenvalue weighted by atomic mass is 9.93. The molecule has 2 N–H and O–H groups in total. The molecule has 1 aliphatic heterocycles. The van der Waals surface area contributed by atoms with E-state index in [1.165, 1.54) is 0 Å². The van der Waals surface area contributed by atoms with Gasteiger partial charge in [-0.2, -0.15) is 5.53 Å². The fourth-order valence-electron chi connectivity index (χ4n) is 2.60. The van der Waals surface area contributed by atoms with Gasteiger partial charge in [-0.1, -0.05) is 41.5 Å². The first kappa shape index (κ1) is 27.7. The molecule has 0 amide bonds. The van der Waals surface area contributed by atoms with E-state index in [1.54, 1.807) is 0 Å². The molecule has 1 atom stereocenters. The molecule has 8 nitrogen and oxygen atoms in total. The van der Waals surface area contributed by atoms with Crippen LogP contribution in [0.5, 0.6) is 0 Å². The fraction of sp³-hybridized carbons (Fsp3) is 1.00. The highest BCUT2D eigenvalue weighted by molar-refractivity contribution is 4.73. The summed E-state index contributed by atoms with van der Waals surface area (Å²) in [5, 5.41) is 2.11. The van der Waals surface area contributed by atoms with Gasteiger partial charge in [-0.3, -0.25) is 0 Å². The third-order valence-corrected chi connectivity index (χ3v) is 4.34. The summed E-state index contributed by atoms with van der Waals surface area (Å²) in [5.41, 5.74) is 6.92. The lowest BCUT2D eigenvalue weighted by Gasteiger charge is -2.18. The molecule has 1 heterocycles. The maximum Gasteiger partial charge on any atom is 0.0701 e. The minimum atomic E-state index is 0.201. The molecule has 0 spiro atoms. The van der Waals surface area contributed by atoms with Crippen LogP contribution in [0.25, 0.3) is 0 Å². The van der Waals surface area contributed by atoms with E-state index in [1.807, 2.05) is 0 Å². The van der Waals surface area contributed by atoms with Crippen molar-refractivity contribution in [2.75, 3.05) is 79.2 Å². The Balaban J connectivity index is 1.84. The molecular weight excluding hydrogens is 386 g/mol. The van der Waals surface area contributed by atoms with Crippen LogP contribution in [0.4, 0.5) is 0 Å². The first-order chi connectivity index (χ1) is 14.2. The fourth-order valence-corrected chi connectivity index (χ4v) is 2.60. The molecule has 0 radical (unpaired) electrons. The number of nitrogens with one attached hydrogen (secondary N) is 2. The summed E-state index contributed by atoms with van der Waals surface area (Å²) < 4.78 is 28.0. The molecule has 1 rings (SSSR count). The summed E-state index contributed by atoms with van der Waals surface area (Å²) in [6, 6.07) is 0.274. The molecule has 0 aromatic rings. The van der Waals surface area contributed by atoms with Crippen LogP contribution in [-0.2, 0) is 23.7 Å². The Morgan fingerprint density at radius 2 is 1.27 bits per heavy atom. The minimum absolute atomic E-state index is 0.201. The highest BCUT2D eigenvalue weighted by Gasteiger charge is 2.21. The van der Waals surface area contributed by atoms with Crippen molar-refractivity contribution in [2.45, 2.75) is 54.0 Å². The van der Waals surface area contributed by atoms with Gasteiger partial charge in [-0.25, -0.2) is 10.4 Å². The largest absolute Gasteiger partial charge is 0.379 e. The van der Waals surface area contributed by atoms with Crippen LogP contribution in [0, 0.1) is 10.8 Å². The van der Waals surface area contributed by atoms with Crippen molar-refractivity contribution in [2.24, 2.45) is 10.8 Å². The first-order valence-electron chi connectivity index (χ1n) is 11.3. The topological polar surface area (TPSA) is 73.5 Å². The van der Waals surface area contributed by atoms with Gasteiger partial charge in [-0.15, -0.1) is 0 Å². The van der Waals surface area contributed by atoms with Gasteiger partial charge in [0.1, 0.15) is 0 Å². The van der Waals surface area contributed by atoms with Gasteiger partial charge in [-0.05, 0) is 17.3 Å². The third-order valence-electron chi connectivity index (χ3n) is 4.34. The maximum atomic E-state index is 5.70. The first-order valence-corrected chi connectivity index (χ1v) is 11.3. The lowest BCUT2D eigenvalue weighted by Crippen LogP contribution is -2.39. The van der Waals surface area contributed by atoms with Crippen LogP contribution in [0.15, 0.2) is 0 Å². The normalized spacial score (nSPS) is 18.4. The van der Waals surface area contributed by atoms with Crippen molar-refractivity contribution < 1.29 is 23.7 Å². The summed E-state index contributed by atoms with van der Waals surface area (Å²) in [5.74, 6) is 0. The quantitative estimate of drug-likeness (QED) is 0.339. The lowest BCUT2D eigenvalue weighted by molar-refractivity contribution is -0.00394. The summed E-state index contributed by atoms with van der Waals surface area (Å²) in [6.07, 6.45) is 1.07. The van der Waals surface area contributed by atoms with E-state index in [9.17, 15) is 0 Å². The maximum absolute atomic E-state index is 5.70. The van der Waals surface area contributed by atoms with Crippen molar-refractivity contribution in [3.8, 4) is 0 Å². The summed E-state index contributed by atoms with van der Waals surface area (Å²) >= 11 is 0. The Morgan fingerprint density at radius 1 is 0.700 bits per heavy atom. The van der Waals surface area contributed by atoms with Gasteiger partial charge >= 0.3 is 0 Å². The molecule has 1 saturated heterocycles. The van der Waals surface area contributed by atoms with Crippen molar-refractivity contribution in [3.05, 3.63) is 0 Å². The van der Waals surface area contributed by atoms with E-state index in [4.69, 9.17) is 23.7 Å². The Labute approximate surface area is 184 Å². The highest BCUT2D eigenvalue weighted by atomic mass is 16.5. The number of hydrogen-bond donors (Lipinski definition) is 2. The summed E-state index contributed by atoms with van der Waals surface area (Å²) in [7, 11) is 0. The number of ether oxygens (including phenoxy) is 5. The molecule has 1 unspecified atom stereocenters. The van der Waals surface area contributed by atoms with Gasteiger partial charge in [0.15, 0.2) is 0 Å². The van der Waals surface area contributed by atoms with Gasteiger partial charge in [0.2, 0.25) is 0 Å². The molecule has 0 aromatic carbocycles. The number of nitrogens with zero attached hydrogens (tertiary/aromatic N) is 1. The molecule has 0 aliphatic carbocycles. The van der Waals surface area contributed by atoms with E-state index in [2.05, 4.69) is 57.5 Å². The second-order valence-electron chi connectivity index (χ2n) is 10.2. The molecule has 180 valence electrons. The van der Waals surface area contributed by atoms with Gasteiger partial charge in [0.05, 0.1) is 65.5 Å². The molecule has 8 heteroatoms. The average Bonchev–Trinajstić information content (AvgIpc) is 3.08. The number of hydrazine groups is 2. The predicted molar refractivity (Wildman–Crippen MR) is 119 cm³/mol. The number of rotatable bonds is 17. The van der Waals surface area contributed by atoms with E-state index >= 15 is 0 Å². The zero-order valence-electron chi connectivity index (χ0n) is 20.3. The van der Waals surface area contributed by atoms with Crippen LogP contribution in [0.1, 0.15) is 48.0 Å². The van der Waals surface area contributed by atoms with Crippen molar-refractivity contribution in [3.63, 3.8) is 0 Å². The molecule has 0 bridgehead atoms. The van der Waals surface area contributed by atoms with Crippen LogP contribution < -0.4 is 11.0 Å². The van der Waals surface area contributed by atoms with E-state index < -0.39 is 0 Å².